The van der Waals surface area contributed by atoms with Crippen molar-refractivity contribution in [1.29, 1.82) is 0 Å². The highest BCUT2D eigenvalue weighted by Gasteiger charge is 2.34. The molecular weight excluding hydrogens is 535 g/mol. The van der Waals surface area contributed by atoms with E-state index in [1.54, 1.807) is 49.6 Å². The van der Waals surface area contributed by atoms with Crippen LogP contribution in [-0.2, 0) is 11.2 Å². The van der Waals surface area contributed by atoms with Gasteiger partial charge in [-0.05, 0) is 98.3 Å². The number of nitrogens with one attached hydrogen (secondary N) is 1. The molecule has 8 nitrogen and oxygen atoms in total. The van der Waals surface area contributed by atoms with Gasteiger partial charge in [-0.25, -0.2) is 9.48 Å². The number of methoxy groups -OCH3 is 1. The third-order valence-electron chi connectivity index (χ3n) is 5.09. The normalized spacial score (nSPS) is 13.5. The standard InChI is InChI=1S/C24H25IN4O4/c1-24(2,3)33-23(31)26-21-19-13-14-28(16-7-5-15(25)6-8-16)22(30)20(19)29(27-21)17-9-11-18(32-4)12-10-17/h5-12H,13-14H2,1-4H3,(H,26,27,31). The first kappa shape index (κ1) is 23.1. The summed E-state index contributed by atoms with van der Waals surface area (Å²) in [5, 5.41) is 7.33. The van der Waals surface area contributed by atoms with Crippen LogP contribution in [0.25, 0.3) is 5.69 Å². The maximum absolute atomic E-state index is 13.6. The Morgan fingerprint density at radius 3 is 2.30 bits per heavy atom. The second-order valence-electron chi connectivity index (χ2n) is 8.60. The van der Waals surface area contributed by atoms with E-state index in [4.69, 9.17) is 9.47 Å². The number of benzene rings is 2. The number of aromatic nitrogens is 2. The van der Waals surface area contributed by atoms with Crippen LogP contribution in [0.4, 0.5) is 16.3 Å². The number of hydrogen-bond acceptors (Lipinski definition) is 5. The molecule has 0 fully saturated rings. The van der Waals surface area contributed by atoms with Crippen molar-refractivity contribution in [2.24, 2.45) is 0 Å². The lowest BCUT2D eigenvalue weighted by Crippen LogP contribution is -2.39. The number of carbonyl (C=O) groups is 2. The van der Waals surface area contributed by atoms with Gasteiger partial charge in [-0.2, -0.15) is 0 Å². The Bertz CT molecular complexity index is 1180. The van der Waals surface area contributed by atoms with Crippen LogP contribution in [0.5, 0.6) is 5.75 Å². The Kier molecular flexibility index (Phi) is 6.33. The molecular formula is C24H25IN4O4. The molecule has 0 atom stereocenters. The zero-order valence-electron chi connectivity index (χ0n) is 18.9. The third-order valence-corrected chi connectivity index (χ3v) is 5.81. The van der Waals surface area contributed by atoms with E-state index in [9.17, 15) is 9.59 Å². The smallest absolute Gasteiger partial charge is 0.413 e. The molecule has 2 heterocycles. The summed E-state index contributed by atoms with van der Waals surface area (Å²) in [6.45, 7) is 5.85. The monoisotopic (exact) mass is 560 g/mol. The molecule has 0 saturated carbocycles. The lowest BCUT2D eigenvalue weighted by atomic mass is 10.0. The molecule has 0 spiro atoms. The Morgan fingerprint density at radius 1 is 1.06 bits per heavy atom. The van der Waals surface area contributed by atoms with Crippen molar-refractivity contribution in [3.63, 3.8) is 0 Å². The first-order chi connectivity index (χ1) is 15.7. The van der Waals surface area contributed by atoms with Crippen molar-refractivity contribution >= 4 is 46.1 Å². The first-order valence-electron chi connectivity index (χ1n) is 10.5. The van der Waals surface area contributed by atoms with Crippen LogP contribution in [0.15, 0.2) is 48.5 Å². The second kappa shape index (κ2) is 9.05. The number of halogens is 1. The van der Waals surface area contributed by atoms with Crippen molar-refractivity contribution in [3.8, 4) is 11.4 Å². The van der Waals surface area contributed by atoms with Crippen LogP contribution in [0.3, 0.4) is 0 Å². The Morgan fingerprint density at radius 2 is 1.70 bits per heavy atom. The number of ether oxygens (including phenoxy) is 2. The summed E-state index contributed by atoms with van der Waals surface area (Å²) in [6, 6.07) is 15.0. The topological polar surface area (TPSA) is 85.7 Å². The molecule has 33 heavy (non-hydrogen) atoms. The van der Waals surface area contributed by atoms with Gasteiger partial charge in [0, 0.05) is 21.4 Å². The van der Waals surface area contributed by atoms with Gasteiger partial charge in [0.2, 0.25) is 0 Å². The molecule has 4 rings (SSSR count). The van der Waals surface area contributed by atoms with Crippen molar-refractivity contribution in [1.82, 2.24) is 9.78 Å². The molecule has 0 saturated heterocycles. The van der Waals surface area contributed by atoms with Crippen LogP contribution in [0.2, 0.25) is 0 Å². The van der Waals surface area contributed by atoms with E-state index < -0.39 is 11.7 Å². The van der Waals surface area contributed by atoms with Gasteiger partial charge in [-0.3, -0.25) is 10.1 Å². The summed E-state index contributed by atoms with van der Waals surface area (Å²) in [6.07, 6.45) is -0.0777. The molecule has 1 aromatic heterocycles. The van der Waals surface area contributed by atoms with Crippen LogP contribution < -0.4 is 15.0 Å². The fraction of sp³-hybridized carbons (Fsp3) is 0.292. The molecule has 9 heteroatoms. The lowest BCUT2D eigenvalue weighted by Gasteiger charge is -2.28. The summed E-state index contributed by atoms with van der Waals surface area (Å²) in [5.74, 6) is 0.836. The third kappa shape index (κ3) is 4.97. The summed E-state index contributed by atoms with van der Waals surface area (Å²) < 4.78 is 13.3. The van der Waals surface area contributed by atoms with Crippen molar-refractivity contribution in [2.75, 3.05) is 23.9 Å². The van der Waals surface area contributed by atoms with Crippen molar-refractivity contribution in [3.05, 3.63) is 63.4 Å². The largest absolute Gasteiger partial charge is 0.497 e. The number of fused-ring (bicyclic) bond motifs is 1. The minimum Gasteiger partial charge on any atom is -0.497 e. The molecule has 0 aliphatic carbocycles. The SMILES string of the molecule is COc1ccc(-n2nc(NC(=O)OC(C)(C)C)c3c2C(=O)N(c2ccc(I)cc2)CC3)cc1. The maximum Gasteiger partial charge on any atom is 0.413 e. The van der Waals surface area contributed by atoms with E-state index in [1.807, 2.05) is 36.4 Å². The van der Waals surface area contributed by atoms with E-state index in [0.717, 1.165) is 9.26 Å². The van der Waals surface area contributed by atoms with Crippen LogP contribution in [0, 0.1) is 3.57 Å². The van der Waals surface area contributed by atoms with Gasteiger partial charge in [0.1, 0.15) is 17.0 Å². The number of carbonyl (C=O) groups excluding carboxylic acids is 2. The summed E-state index contributed by atoms with van der Waals surface area (Å²) in [7, 11) is 1.59. The van der Waals surface area contributed by atoms with E-state index >= 15 is 0 Å². The molecule has 3 aromatic rings. The number of nitrogens with zero attached hydrogens (tertiary/aromatic N) is 3. The maximum atomic E-state index is 13.6. The minimum absolute atomic E-state index is 0.182. The molecule has 0 radical (unpaired) electrons. The second-order valence-corrected chi connectivity index (χ2v) is 9.84. The Balaban J connectivity index is 1.76. The molecule has 1 N–H and O–H groups in total. The molecule has 172 valence electrons. The zero-order chi connectivity index (χ0) is 23.8. The molecule has 0 bridgehead atoms. The average Bonchev–Trinajstić information content (AvgIpc) is 3.12. The fourth-order valence-corrected chi connectivity index (χ4v) is 4.00. The van der Waals surface area contributed by atoms with Gasteiger partial charge in [0.05, 0.1) is 12.8 Å². The quantitative estimate of drug-likeness (QED) is 0.453. The number of anilines is 2. The van der Waals surface area contributed by atoms with Crippen LogP contribution in [-0.4, -0.2) is 41.0 Å². The van der Waals surface area contributed by atoms with Gasteiger partial charge in [-0.1, -0.05) is 0 Å². The number of amides is 2. The highest BCUT2D eigenvalue weighted by atomic mass is 127. The van der Waals surface area contributed by atoms with E-state index in [1.165, 1.54) is 0 Å². The van der Waals surface area contributed by atoms with Gasteiger partial charge < -0.3 is 14.4 Å². The zero-order valence-corrected chi connectivity index (χ0v) is 21.0. The molecule has 2 aromatic carbocycles. The number of hydrogen-bond donors (Lipinski definition) is 1. The minimum atomic E-state index is -0.653. The van der Waals surface area contributed by atoms with Crippen molar-refractivity contribution in [2.45, 2.75) is 32.8 Å². The Labute approximate surface area is 206 Å². The molecule has 2 amide bonds. The average molecular weight is 560 g/mol. The molecule has 1 aliphatic heterocycles. The summed E-state index contributed by atoms with van der Waals surface area (Å²) in [5.41, 5.74) is 1.94. The predicted octanol–water partition coefficient (Wildman–Crippen LogP) is 5.04. The van der Waals surface area contributed by atoms with E-state index in [-0.39, 0.29) is 5.91 Å². The highest BCUT2D eigenvalue weighted by molar-refractivity contribution is 14.1. The van der Waals surface area contributed by atoms with Crippen LogP contribution in [0.1, 0.15) is 36.8 Å². The van der Waals surface area contributed by atoms with E-state index in [2.05, 4.69) is 33.0 Å². The molecule has 0 unspecified atom stereocenters. The van der Waals surface area contributed by atoms with Gasteiger partial charge >= 0.3 is 6.09 Å². The summed E-state index contributed by atoms with van der Waals surface area (Å²) >= 11 is 2.24. The van der Waals surface area contributed by atoms with Crippen molar-refractivity contribution < 1.29 is 19.1 Å². The van der Waals surface area contributed by atoms with Crippen LogP contribution >= 0.6 is 22.6 Å². The Hall–Kier alpha value is -3.08. The predicted molar refractivity (Wildman–Crippen MR) is 135 cm³/mol. The first-order valence-corrected chi connectivity index (χ1v) is 11.6. The number of rotatable bonds is 4. The highest BCUT2D eigenvalue weighted by Crippen LogP contribution is 2.32. The van der Waals surface area contributed by atoms with Gasteiger partial charge in [0.15, 0.2) is 5.82 Å². The van der Waals surface area contributed by atoms with Gasteiger partial charge in [0.25, 0.3) is 5.91 Å². The van der Waals surface area contributed by atoms with Gasteiger partial charge in [-0.15, -0.1) is 5.10 Å². The molecule has 1 aliphatic rings. The van der Waals surface area contributed by atoms with E-state index in [0.29, 0.717) is 41.5 Å². The lowest BCUT2D eigenvalue weighted by molar-refractivity contribution is 0.0634. The summed E-state index contributed by atoms with van der Waals surface area (Å²) in [4.78, 5) is 27.8. The fourth-order valence-electron chi connectivity index (χ4n) is 3.64.